The van der Waals surface area contributed by atoms with Crippen LogP contribution in [-0.2, 0) is 10.9 Å². The summed E-state index contributed by atoms with van der Waals surface area (Å²) in [5.41, 5.74) is -1.41. The molecule has 94 valence electrons. The number of benzene rings is 1. The molecule has 0 saturated heterocycles. The Bertz CT molecular complexity index is 416. The van der Waals surface area contributed by atoms with Gasteiger partial charge >= 0.3 is 12.1 Å². The molecule has 0 amide bonds. The Morgan fingerprint density at radius 3 is 2.53 bits per heavy atom. The average molecular weight is 264 g/mol. The second kappa shape index (κ2) is 5.44. The normalized spacial score (nSPS) is 11.4. The second-order valence-corrected chi connectivity index (χ2v) is 4.47. The summed E-state index contributed by atoms with van der Waals surface area (Å²) >= 11 is 1.36. The molecule has 0 heterocycles. The van der Waals surface area contributed by atoms with Gasteiger partial charge in [-0.1, -0.05) is 6.92 Å². The Morgan fingerprint density at radius 1 is 1.41 bits per heavy atom. The predicted octanol–water partition coefficient (Wildman–Crippen LogP) is 3.60. The van der Waals surface area contributed by atoms with E-state index in [0.29, 0.717) is 10.6 Å². The Hall–Kier alpha value is -1.17. The topological polar surface area (TPSA) is 26.3 Å². The Balaban J connectivity index is 3.27. The SMILES string of the molecule is CCSc1ccc(C(F)(F)F)c(C(=O)OC)c1. The van der Waals surface area contributed by atoms with E-state index < -0.39 is 23.3 Å². The molecule has 0 unspecified atom stereocenters. The minimum Gasteiger partial charge on any atom is -0.465 e. The molecular weight excluding hydrogens is 253 g/mol. The van der Waals surface area contributed by atoms with Crippen molar-refractivity contribution in [3.63, 3.8) is 0 Å². The molecule has 0 fully saturated rings. The quantitative estimate of drug-likeness (QED) is 0.616. The Labute approximate surface area is 101 Å². The van der Waals surface area contributed by atoms with Gasteiger partial charge < -0.3 is 4.74 Å². The van der Waals surface area contributed by atoms with Gasteiger partial charge in [0.15, 0.2) is 0 Å². The predicted molar refractivity (Wildman–Crippen MR) is 59.2 cm³/mol. The van der Waals surface area contributed by atoms with E-state index in [-0.39, 0.29) is 0 Å². The number of halogens is 3. The van der Waals surface area contributed by atoms with Gasteiger partial charge in [-0.3, -0.25) is 0 Å². The van der Waals surface area contributed by atoms with Crippen LogP contribution in [0.15, 0.2) is 23.1 Å². The monoisotopic (exact) mass is 264 g/mol. The van der Waals surface area contributed by atoms with Crippen LogP contribution < -0.4 is 0 Å². The van der Waals surface area contributed by atoms with Crippen molar-refractivity contribution in [1.29, 1.82) is 0 Å². The first-order valence-electron chi connectivity index (χ1n) is 4.82. The highest BCUT2D eigenvalue weighted by molar-refractivity contribution is 7.99. The van der Waals surface area contributed by atoms with Crippen LogP contribution in [0.1, 0.15) is 22.8 Å². The number of methoxy groups -OCH3 is 1. The summed E-state index contributed by atoms with van der Waals surface area (Å²) in [4.78, 5) is 11.9. The lowest BCUT2D eigenvalue weighted by Crippen LogP contribution is -2.14. The highest BCUT2D eigenvalue weighted by atomic mass is 32.2. The number of alkyl halides is 3. The summed E-state index contributed by atoms with van der Waals surface area (Å²) in [5.74, 6) is -0.262. The number of carbonyl (C=O) groups excluding carboxylic acids is 1. The van der Waals surface area contributed by atoms with E-state index in [9.17, 15) is 18.0 Å². The maximum absolute atomic E-state index is 12.6. The Morgan fingerprint density at radius 2 is 2.06 bits per heavy atom. The van der Waals surface area contributed by atoms with Crippen LogP contribution in [0.2, 0.25) is 0 Å². The van der Waals surface area contributed by atoms with Gasteiger partial charge in [0.1, 0.15) is 0 Å². The van der Waals surface area contributed by atoms with E-state index in [4.69, 9.17) is 0 Å². The number of hydrogen-bond donors (Lipinski definition) is 0. The standard InChI is InChI=1S/C11H11F3O2S/c1-3-17-7-4-5-9(11(12,13)14)8(6-7)10(15)16-2/h4-6H,3H2,1-2H3. The maximum atomic E-state index is 12.6. The molecule has 0 spiro atoms. The van der Waals surface area contributed by atoms with Gasteiger partial charge in [-0.2, -0.15) is 13.2 Å². The minimum atomic E-state index is -4.56. The molecule has 0 N–H and O–H groups in total. The molecule has 0 aliphatic rings. The van der Waals surface area contributed by atoms with Crippen LogP contribution in [-0.4, -0.2) is 18.8 Å². The molecule has 1 aromatic carbocycles. The van der Waals surface area contributed by atoms with Gasteiger partial charge in [0.25, 0.3) is 0 Å². The molecular formula is C11H11F3O2S. The first-order valence-corrected chi connectivity index (χ1v) is 5.81. The smallest absolute Gasteiger partial charge is 0.417 e. The molecule has 0 atom stereocenters. The molecule has 6 heteroatoms. The van der Waals surface area contributed by atoms with Crippen molar-refractivity contribution >= 4 is 17.7 Å². The summed E-state index contributed by atoms with van der Waals surface area (Å²) in [5, 5.41) is 0. The molecule has 0 bridgehead atoms. The fourth-order valence-corrected chi connectivity index (χ4v) is 2.00. The fraction of sp³-hybridized carbons (Fsp3) is 0.364. The zero-order valence-corrected chi connectivity index (χ0v) is 10.1. The number of rotatable bonds is 3. The van der Waals surface area contributed by atoms with Crippen LogP contribution in [0.25, 0.3) is 0 Å². The lowest BCUT2D eigenvalue weighted by molar-refractivity contribution is -0.138. The molecule has 1 aromatic rings. The third-order valence-electron chi connectivity index (χ3n) is 2.01. The third kappa shape index (κ3) is 3.39. The van der Waals surface area contributed by atoms with Gasteiger partial charge in [-0.15, -0.1) is 11.8 Å². The zero-order chi connectivity index (χ0) is 13.1. The zero-order valence-electron chi connectivity index (χ0n) is 9.30. The molecule has 2 nitrogen and oxygen atoms in total. The summed E-state index contributed by atoms with van der Waals surface area (Å²) in [7, 11) is 1.06. The number of ether oxygens (including phenoxy) is 1. The highest BCUT2D eigenvalue weighted by Crippen LogP contribution is 2.34. The van der Waals surface area contributed by atoms with E-state index in [1.807, 2.05) is 6.92 Å². The van der Waals surface area contributed by atoms with Gasteiger partial charge in [0.2, 0.25) is 0 Å². The molecule has 0 aromatic heterocycles. The van der Waals surface area contributed by atoms with Crippen molar-refractivity contribution in [2.45, 2.75) is 18.0 Å². The third-order valence-corrected chi connectivity index (χ3v) is 2.89. The lowest BCUT2D eigenvalue weighted by Gasteiger charge is -2.12. The number of thioether (sulfide) groups is 1. The maximum Gasteiger partial charge on any atom is 0.417 e. The average Bonchev–Trinajstić information content (AvgIpc) is 2.27. The van der Waals surface area contributed by atoms with Crippen LogP contribution in [0.4, 0.5) is 13.2 Å². The second-order valence-electron chi connectivity index (χ2n) is 3.13. The number of esters is 1. The van der Waals surface area contributed by atoms with Gasteiger partial charge in [0, 0.05) is 4.90 Å². The van der Waals surface area contributed by atoms with Gasteiger partial charge in [-0.25, -0.2) is 4.79 Å². The first kappa shape index (κ1) is 13.9. The van der Waals surface area contributed by atoms with E-state index in [1.54, 1.807) is 0 Å². The summed E-state index contributed by atoms with van der Waals surface area (Å²) < 4.78 is 42.3. The van der Waals surface area contributed by atoms with Crippen LogP contribution >= 0.6 is 11.8 Å². The number of hydrogen-bond acceptors (Lipinski definition) is 3. The van der Waals surface area contributed by atoms with Crippen molar-refractivity contribution in [2.24, 2.45) is 0 Å². The van der Waals surface area contributed by atoms with Crippen molar-refractivity contribution in [3.05, 3.63) is 29.3 Å². The van der Waals surface area contributed by atoms with E-state index in [1.165, 1.54) is 23.9 Å². The molecule has 0 radical (unpaired) electrons. The minimum absolute atomic E-state index is 0.446. The van der Waals surface area contributed by atoms with Crippen molar-refractivity contribution < 1.29 is 22.7 Å². The molecule has 17 heavy (non-hydrogen) atoms. The van der Waals surface area contributed by atoms with Crippen LogP contribution in [0.5, 0.6) is 0 Å². The Kier molecular flexibility index (Phi) is 4.45. The highest BCUT2D eigenvalue weighted by Gasteiger charge is 2.35. The van der Waals surface area contributed by atoms with E-state index >= 15 is 0 Å². The lowest BCUT2D eigenvalue weighted by atomic mass is 10.1. The van der Waals surface area contributed by atoms with Crippen LogP contribution in [0.3, 0.4) is 0 Å². The van der Waals surface area contributed by atoms with E-state index in [0.717, 1.165) is 13.2 Å². The van der Waals surface area contributed by atoms with Crippen LogP contribution in [0, 0.1) is 0 Å². The summed E-state index contributed by atoms with van der Waals surface area (Å²) in [6, 6.07) is 3.47. The summed E-state index contributed by atoms with van der Waals surface area (Å²) in [6.07, 6.45) is -4.56. The molecule has 1 rings (SSSR count). The molecule has 0 aliphatic carbocycles. The fourth-order valence-electron chi connectivity index (χ4n) is 1.31. The largest absolute Gasteiger partial charge is 0.465 e. The summed E-state index contributed by atoms with van der Waals surface area (Å²) in [6.45, 7) is 1.88. The van der Waals surface area contributed by atoms with Crippen molar-refractivity contribution in [3.8, 4) is 0 Å². The molecule has 0 aliphatic heterocycles. The van der Waals surface area contributed by atoms with E-state index in [2.05, 4.69) is 4.74 Å². The van der Waals surface area contributed by atoms with Gasteiger partial charge in [-0.05, 0) is 24.0 Å². The first-order chi connectivity index (χ1) is 7.90. The van der Waals surface area contributed by atoms with Crippen molar-refractivity contribution in [1.82, 2.24) is 0 Å². The van der Waals surface area contributed by atoms with Crippen molar-refractivity contribution in [2.75, 3.05) is 12.9 Å². The number of carbonyl (C=O) groups is 1. The van der Waals surface area contributed by atoms with Gasteiger partial charge in [0.05, 0.1) is 18.2 Å². The molecule has 0 saturated carbocycles.